The van der Waals surface area contributed by atoms with Gasteiger partial charge in [-0.25, -0.2) is 0 Å². The Kier molecular flexibility index (Phi) is 10.4. The molecule has 0 aliphatic heterocycles. The summed E-state index contributed by atoms with van der Waals surface area (Å²) < 4.78 is 0. The van der Waals surface area contributed by atoms with Crippen LogP contribution in [0.5, 0.6) is 0 Å². The Morgan fingerprint density at radius 3 is 2.50 bits per heavy atom. The van der Waals surface area contributed by atoms with Crippen molar-refractivity contribution in [3.63, 3.8) is 0 Å². The largest absolute Gasteiger partial charge is 0.355 e. The van der Waals surface area contributed by atoms with Crippen molar-refractivity contribution in [2.45, 2.75) is 38.3 Å². The Hall–Kier alpha value is -0.810. The van der Waals surface area contributed by atoms with Crippen LogP contribution in [0.15, 0.2) is 30.3 Å². The van der Waals surface area contributed by atoms with E-state index in [-0.39, 0.29) is 36.8 Å². The molecule has 6 heteroatoms. The molecule has 4 nitrogen and oxygen atoms in total. The minimum atomic E-state index is -0.220. The number of carbonyl (C=O) groups excluding carboxylic acids is 1. The molecule has 0 bridgehead atoms. The molecule has 1 saturated carbocycles. The number of nitrogens with one attached hydrogen (secondary N) is 1. The molecule has 0 spiro atoms. The molecule has 1 aromatic carbocycles. The highest BCUT2D eigenvalue weighted by atomic mass is 35.5. The number of rotatable bonds is 8. The van der Waals surface area contributed by atoms with Crippen LogP contribution in [0.25, 0.3) is 0 Å². The van der Waals surface area contributed by atoms with Crippen LogP contribution < -0.4 is 11.1 Å². The van der Waals surface area contributed by atoms with Crippen molar-refractivity contribution in [1.29, 1.82) is 0 Å². The lowest BCUT2D eigenvalue weighted by atomic mass is 10.0. The normalized spacial score (nSPS) is 14.7. The van der Waals surface area contributed by atoms with Gasteiger partial charge in [0.1, 0.15) is 0 Å². The molecule has 1 aliphatic carbocycles. The summed E-state index contributed by atoms with van der Waals surface area (Å²) in [5, 5.41) is 2.97. The van der Waals surface area contributed by atoms with E-state index in [0.29, 0.717) is 13.0 Å². The van der Waals surface area contributed by atoms with Gasteiger partial charge in [-0.15, -0.1) is 24.8 Å². The van der Waals surface area contributed by atoms with E-state index in [1.54, 1.807) is 0 Å². The molecule has 3 N–H and O–H groups in total. The van der Waals surface area contributed by atoms with Gasteiger partial charge in [0.05, 0.1) is 0 Å². The lowest BCUT2D eigenvalue weighted by molar-refractivity contribution is -0.121. The molecule has 1 unspecified atom stereocenters. The first-order valence-electron chi connectivity index (χ1n) is 7.52. The minimum absolute atomic E-state index is 0. The fourth-order valence-electron chi connectivity index (χ4n) is 2.47. The van der Waals surface area contributed by atoms with Crippen molar-refractivity contribution in [3.8, 4) is 0 Å². The summed E-state index contributed by atoms with van der Waals surface area (Å²) in [6, 6.07) is 10.3. The highest BCUT2D eigenvalue weighted by Gasteiger charge is 2.27. The van der Waals surface area contributed by atoms with Gasteiger partial charge in [0.2, 0.25) is 5.91 Å². The Bertz CT molecular complexity index is 427. The first-order valence-corrected chi connectivity index (χ1v) is 7.52. The van der Waals surface area contributed by atoms with E-state index in [1.807, 2.05) is 30.3 Å². The number of amides is 1. The van der Waals surface area contributed by atoms with Gasteiger partial charge < -0.3 is 11.1 Å². The average molecular weight is 348 g/mol. The summed E-state index contributed by atoms with van der Waals surface area (Å²) in [6.45, 7) is 4.88. The van der Waals surface area contributed by atoms with Crippen molar-refractivity contribution in [2.24, 2.45) is 5.73 Å². The number of likely N-dealkylation sites (N-methyl/N-ethyl adjacent to an activating group) is 1. The molecule has 126 valence electrons. The third-order valence-electron chi connectivity index (χ3n) is 3.82. The zero-order valence-electron chi connectivity index (χ0n) is 13.0. The maximum Gasteiger partial charge on any atom is 0.221 e. The first-order chi connectivity index (χ1) is 9.70. The Morgan fingerprint density at radius 1 is 1.32 bits per heavy atom. The highest BCUT2D eigenvalue weighted by Crippen LogP contribution is 2.25. The topological polar surface area (TPSA) is 58.4 Å². The van der Waals surface area contributed by atoms with Crippen molar-refractivity contribution in [2.75, 3.05) is 19.6 Å². The number of nitrogens with zero attached hydrogens (tertiary/aromatic N) is 1. The average Bonchev–Trinajstić information content (AvgIpc) is 3.29. The number of carbonyl (C=O) groups is 1. The number of benzene rings is 1. The van der Waals surface area contributed by atoms with Crippen LogP contribution in [-0.2, 0) is 4.79 Å². The number of halogens is 2. The summed E-state index contributed by atoms with van der Waals surface area (Å²) in [6.07, 6.45) is 2.96. The van der Waals surface area contributed by atoms with Gasteiger partial charge >= 0.3 is 0 Å². The third-order valence-corrected chi connectivity index (χ3v) is 3.82. The maximum absolute atomic E-state index is 11.9. The van der Waals surface area contributed by atoms with Gasteiger partial charge in [-0.3, -0.25) is 9.69 Å². The summed E-state index contributed by atoms with van der Waals surface area (Å²) in [7, 11) is 0. The van der Waals surface area contributed by atoms with Gasteiger partial charge in [-0.05, 0) is 24.9 Å². The van der Waals surface area contributed by atoms with Gasteiger partial charge in [-0.1, -0.05) is 37.3 Å². The molecule has 1 fully saturated rings. The number of hydrogen-bond acceptors (Lipinski definition) is 3. The monoisotopic (exact) mass is 347 g/mol. The molecule has 22 heavy (non-hydrogen) atoms. The van der Waals surface area contributed by atoms with E-state index in [9.17, 15) is 4.79 Å². The van der Waals surface area contributed by atoms with E-state index < -0.39 is 0 Å². The smallest absolute Gasteiger partial charge is 0.221 e. The second-order valence-corrected chi connectivity index (χ2v) is 5.43. The van der Waals surface area contributed by atoms with Crippen LogP contribution in [0.1, 0.15) is 37.8 Å². The quantitative estimate of drug-likeness (QED) is 0.759. The van der Waals surface area contributed by atoms with Crippen LogP contribution in [-0.4, -0.2) is 36.5 Å². The molecule has 0 saturated heterocycles. The van der Waals surface area contributed by atoms with Gasteiger partial charge in [-0.2, -0.15) is 0 Å². The van der Waals surface area contributed by atoms with E-state index >= 15 is 0 Å². The standard InChI is InChI=1S/C16H25N3O.2ClH/c1-2-19(14-8-9-14)11-10-18-16(20)12-15(17)13-6-4-3-5-7-13;;/h3-7,14-15H,2,8-12,17H2,1H3,(H,18,20);2*1H. The molecule has 1 aliphatic rings. The van der Waals surface area contributed by atoms with E-state index in [2.05, 4.69) is 17.1 Å². The zero-order valence-corrected chi connectivity index (χ0v) is 14.7. The van der Waals surface area contributed by atoms with Crippen LogP contribution in [0.2, 0.25) is 0 Å². The van der Waals surface area contributed by atoms with E-state index in [1.165, 1.54) is 12.8 Å². The fourth-order valence-corrected chi connectivity index (χ4v) is 2.47. The Morgan fingerprint density at radius 2 is 1.95 bits per heavy atom. The molecule has 1 amide bonds. The SMILES string of the molecule is CCN(CCNC(=O)CC(N)c1ccccc1)C1CC1.Cl.Cl. The van der Waals surface area contributed by atoms with E-state index in [4.69, 9.17) is 5.73 Å². The second-order valence-electron chi connectivity index (χ2n) is 5.43. The second kappa shape index (κ2) is 10.8. The summed E-state index contributed by atoms with van der Waals surface area (Å²) >= 11 is 0. The summed E-state index contributed by atoms with van der Waals surface area (Å²) in [4.78, 5) is 14.3. The molecule has 0 radical (unpaired) electrons. The number of nitrogens with two attached hydrogens (primary N) is 1. The predicted molar refractivity (Wildman–Crippen MR) is 95.8 cm³/mol. The zero-order chi connectivity index (χ0) is 14.4. The van der Waals surface area contributed by atoms with Gasteiger partial charge in [0, 0.05) is 31.6 Å². The van der Waals surface area contributed by atoms with Crippen LogP contribution in [0.3, 0.4) is 0 Å². The number of hydrogen-bond donors (Lipinski definition) is 2. The minimum Gasteiger partial charge on any atom is -0.355 e. The first kappa shape index (κ1) is 21.2. The molecule has 0 aromatic heterocycles. The predicted octanol–water partition coefficient (Wildman–Crippen LogP) is 2.52. The summed E-state index contributed by atoms with van der Waals surface area (Å²) in [5.74, 6) is 0.0354. The fraction of sp³-hybridized carbons (Fsp3) is 0.562. The van der Waals surface area contributed by atoms with Gasteiger partial charge in [0.25, 0.3) is 0 Å². The highest BCUT2D eigenvalue weighted by molar-refractivity contribution is 5.85. The lowest BCUT2D eigenvalue weighted by Crippen LogP contribution is -2.36. The molecule has 1 aromatic rings. The van der Waals surface area contributed by atoms with Crippen LogP contribution in [0, 0.1) is 0 Å². The van der Waals surface area contributed by atoms with E-state index in [0.717, 1.165) is 24.7 Å². The van der Waals surface area contributed by atoms with Crippen LogP contribution in [0.4, 0.5) is 0 Å². The Balaban J connectivity index is 0.00000220. The molecular formula is C16H27Cl2N3O. The van der Waals surface area contributed by atoms with Crippen molar-refractivity contribution >= 4 is 30.7 Å². The Labute approximate surface area is 145 Å². The van der Waals surface area contributed by atoms with Crippen LogP contribution >= 0.6 is 24.8 Å². The maximum atomic E-state index is 11.9. The molecule has 2 rings (SSSR count). The lowest BCUT2D eigenvalue weighted by Gasteiger charge is -2.20. The third kappa shape index (κ3) is 6.97. The van der Waals surface area contributed by atoms with Crippen molar-refractivity contribution in [1.82, 2.24) is 10.2 Å². The van der Waals surface area contributed by atoms with Crippen molar-refractivity contribution in [3.05, 3.63) is 35.9 Å². The molecular weight excluding hydrogens is 321 g/mol. The molecule has 1 atom stereocenters. The molecule has 0 heterocycles. The van der Waals surface area contributed by atoms with Crippen molar-refractivity contribution < 1.29 is 4.79 Å². The van der Waals surface area contributed by atoms with Gasteiger partial charge in [0.15, 0.2) is 0 Å². The summed E-state index contributed by atoms with van der Waals surface area (Å²) in [5.41, 5.74) is 7.05.